The van der Waals surface area contributed by atoms with E-state index >= 15 is 0 Å². The number of hydrogen-bond donors (Lipinski definition) is 1. The Bertz CT molecular complexity index is 540. The van der Waals surface area contributed by atoms with Crippen molar-refractivity contribution >= 4 is 11.6 Å². The molecule has 0 aromatic heterocycles. The zero-order valence-electron chi connectivity index (χ0n) is 13.9. The van der Waals surface area contributed by atoms with Gasteiger partial charge < -0.3 is 10.6 Å². The number of para-hydroxylation sites is 1. The summed E-state index contributed by atoms with van der Waals surface area (Å²) >= 11 is 0. The molecule has 2 atom stereocenters. The van der Waals surface area contributed by atoms with Gasteiger partial charge in [0.25, 0.3) is 0 Å². The topological polar surface area (TPSA) is 46.3 Å². The smallest absolute Gasteiger partial charge is 0.230 e. The van der Waals surface area contributed by atoms with E-state index in [4.69, 9.17) is 5.73 Å². The Morgan fingerprint density at radius 3 is 2.30 bits per heavy atom. The average molecular weight is 312 g/mol. The minimum Gasteiger partial charge on any atom is -0.327 e. The minimum absolute atomic E-state index is 0.184. The highest BCUT2D eigenvalue weighted by atomic mass is 16.2. The van der Waals surface area contributed by atoms with E-state index in [0.717, 1.165) is 25.1 Å². The number of amides is 1. The number of fused-ring (bicyclic) bond motifs is 2. The van der Waals surface area contributed by atoms with Gasteiger partial charge in [-0.05, 0) is 68.4 Å². The first-order valence-electron chi connectivity index (χ1n) is 9.34. The van der Waals surface area contributed by atoms with Gasteiger partial charge in [-0.2, -0.15) is 0 Å². The van der Waals surface area contributed by atoms with Crippen molar-refractivity contribution in [2.24, 2.45) is 29.4 Å². The van der Waals surface area contributed by atoms with Crippen molar-refractivity contribution in [3.05, 3.63) is 30.3 Å². The number of carbonyl (C=O) groups is 1. The summed E-state index contributed by atoms with van der Waals surface area (Å²) in [6, 6.07) is 10.6. The van der Waals surface area contributed by atoms with Gasteiger partial charge in [0.1, 0.15) is 0 Å². The Morgan fingerprint density at radius 1 is 1.04 bits per heavy atom. The molecule has 0 spiro atoms. The molecule has 0 heterocycles. The van der Waals surface area contributed by atoms with Crippen LogP contribution < -0.4 is 10.6 Å². The Labute approximate surface area is 139 Å². The monoisotopic (exact) mass is 312 g/mol. The lowest BCUT2D eigenvalue weighted by molar-refractivity contribution is -0.125. The summed E-state index contributed by atoms with van der Waals surface area (Å²) in [5.74, 6) is 2.38. The van der Waals surface area contributed by atoms with Gasteiger partial charge in [-0.15, -0.1) is 0 Å². The van der Waals surface area contributed by atoms with Gasteiger partial charge in [-0.3, -0.25) is 4.79 Å². The minimum atomic E-state index is 0.184. The molecule has 1 amide bonds. The predicted molar refractivity (Wildman–Crippen MR) is 93.0 cm³/mol. The normalized spacial score (nSPS) is 33.3. The third kappa shape index (κ3) is 3.16. The van der Waals surface area contributed by atoms with E-state index in [9.17, 15) is 4.79 Å². The van der Waals surface area contributed by atoms with E-state index in [0.29, 0.717) is 29.7 Å². The number of nitrogens with two attached hydrogens (primary N) is 1. The van der Waals surface area contributed by atoms with Crippen LogP contribution >= 0.6 is 0 Å². The molecule has 3 fully saturated rings. The van der Waals surface area contributed by atoms with E-state index in [1.807, 2.05) is 18.2 Å². The maximum Gasteiger partial charge on any atom is 0.230 e. The van der Waals surface area contributed by atoms with Crippen molar-refractivity contribution in [3.63, 3.8) is 0 Å². The molecule has 4 rings (SSSR count). The molecule has 1 aromatic carbocycles. The zero-order valence-corrected chi connectivity index (χ0v) is 13.9. The summed E-state index contributed by atoms with van der Waals surface area (Å²) in [5, 5.41) is 0. The van der Waals surface area contributed by atoms with Crippen molar-refractivity contribution in [1.82, 2.24) is 0 Å². The highest BCUT2D eigenvalue weighted by Crippen LogP contribution is 2.43. The van der Waals surface area contributed by atoms with E-state index in [1.165, 1.54) is 32.1 Å². The Hall–Kier alpha value is -1.35. The first kappa shape index (κ1) is 15.2. The Kier molecular flexibility index (Phi) is 4.14. The van der Waals surface area contributed by atoms with E-state index in [-0.39, 0.29) is 5.92 Å². The maximum atomic E-state index is 13.3. The highest BCUT2D eigenvalue weighted by Gasteiger charge is 2.42. The second kappa shape index (κ2) is 6.27. The third-order valence-corrected chi connectivity index (χ3v) is 6.23. The molecule has 23 heavy (non-hydrogen) atoms. The molecule has 2 N–H and O–H groups in total. The van der Waals surface area contributed by atoms with Gasteiger partial charge >= 0.3 is 0 Å². The van der Waals surface area contributed by atoms with Crippen molar-refractivity contribution in [2.75, 3.05) is 11.4 Å². The SMILES string of the molecule is NC1C2CCCC1CC(C(=O)N(CC1CC1)c1ccccc1)C2. The first-order chi connectivity index (χ1) is 11.2. The van der Waals surface area contributed by atoms with Crippen LogP contribution in [0.25, 0.3) is 0 Å². The zero-order chi connectivity index (χ0) is 15.8. The Morgan fingerprint density at radius 2 is 1.70 bits per heavy atom. The lowest BCUT2D eigenvalue weighted by Crippen LogP contribution is -2.50. The first-order valence-corrected chi connectivity index (χ1v) is 9.34. The highest BCUT2D eigenvalue weighted by molar-refractivity contribution is 5.95. The fourth-order valence-electron chi connectivity index (χ4n) is 4.70. The molecule has 3 aliphatic carbocycles. The maximum absolute atomic E-state index is 13.3. The van der Waals surface area contributed by atoms with Crippen LogP contribution in [-0.4, -0.2) is 18.5 Å². The van der Waals surface area contributed by atoms with Gasteiger partial charge in [-0.1, -0.05) is 24.6 Å². The van der Waals surface area contributed by atoms with Crippen LogP contribution in [-0.2, 0) is 4.79 Å². The van der Waals surface area contributed by atoms with Crippen molar-refractivity contribution in [2.45, 2.75) is 51.0 Å². The fourth-order valence-corrected chi connectivity index (χ4v) is 4.70. The van der Waals surface area contributed by atoms with E-state index in [1.54, 1.807) is 0 Å². The molecule has 2 unspecified atom stereocenters. The van der Waals surface area contributed by atoms with Crippen molar-refractivity contribution < 1.29 is 4.79 Å². The third-order valence-electron chi connectivity index (χ3n) is 6.23. The second-order valence-corrected chi connectivity index (χ2v) is 7.92. The van der Waals surface area contributed by atoms with Crippen LogP contribution in [0.5, 0.6) is 0 Å². The standard InChI is InChI=1S/C20H28N2O/c21-19-15-5-4-6-16(19)12-17(11-15)20(23)22(13-14-9-10-14)18-7-2-1-3-8-18/h1-3,7-8,14-17,19H,4-6,9-13,21H2. The van der Waals surface area contributed by atoms with Gasteiger partial charge in [0.2, 0.25) is 5.91 Å². The molecule has 0 aliphatic heterocycles. The van der Waals surface area contributed by atoms with Crippen LogP contribution in [0.2, 0.25) is 0 Å². The largest absolute Gasteiger partial charge is 0.327 e. The van der Waals surface area contributed by atoms with Gasteiger partial charge in [0.15, 0.2) is 0 Å². The van der Waals surface area contributed by atoms with E-state index < -0.39 is 0 Å². The molecule has 3 heteroatoms. The van der Waals surface area contributed by atoms with Crippen LogP contribution in [0.4, 0.5) is 5.69 Å². The van der Waals surface area contributed by atoms with Gasteiger partial charge in [0, 0.05) is 24.2 Å². The number of anilines is 1. The number of rotatable bonds is 4. The molecule has 3 aliphatic rings. The Balaban J connectivity index is 1.53. The van der Waals surface area contributed by atoms with E-state index in [2.05, 4.69) is 17.0 Å². The summed E-state index contributed by atoms with van der Waals surface area (Å²) in [5.41, 5.74) is 7.47. The average Bonchev–Trinajstić information content (AvgIpc) is 3.37. The molecule has 0 saturated heterocycles. The molecule has 2 bridgehead atoms. The van der Waals surface area contributed by atoms with Crippen LogP contribution in [0, 0.1) is 23.7 Å². The molecule has 0 radical (unpaired) electrons. The molecule has 3 saturated carbocycles. The lowest BCUT2D eigenvalue weighted by atomic mass is 9.65. The van der Waals surface area contributed by atoms with Crippen LogP contribution in [0.15, 0.2) is 30.3 Å². The summed E-state index contributed by atoms with van der Waals surface area (Å²) < 4.78 is 0. The number of nitrogens with zero attached hydrogens (tertiary/aromatic N) is 1. The second-order valence-electron chi connectivity index (χ2n) is 7.92. The van der Waals surface area contributed by atoms with Crippen LogP contribution in [0.3, 0.4) is 0 Å². The quantitative estimate of drug-likeness (QED) is 0.923. The molecular formula is C20H28N2O. The number of hydrogen-bond acceptors (Lipinski definition) is 2. The summed E-state index contributed by atoms with van der Waals surface area (Å²) in [6.07, 6.45) is 8.29. The fraction of sp³-hybridized carbons (Fsp3) is 0.650. The lowest BCUT2D eigenvalue weighted by Gasteiger charge is -2.44. The molecule has 124 valence electrons. The molecule has 1 aromatic rings. The predicted octanol–water partition coefficient (Wildman–Crippen LogP) is 3.58. The van der Waals surface area contributed by atoms with Gasteiger partial charge in [-0.25, -0.2) is 0 Å². The van der Waals surface area contributed by atoms with Gasteiger partial charge in [0.05, 0.1) is 0 Å². The van der Waals surface area contributed by atoms with Crippen LogP contribution in [0.1, 0.15) is 44.9 Å². The summed E-state index contributed by atoms with van der Waals surface area (Å²) in [4.78, 5) is 15.4. The molecular weight excluding hydrogens is 284 g/mol. The molecule has 3 nitrogen and oxygen atoms in total. The van der Waals surface area contributed by atoms with Crippen molar-refractivity contribution in [3.8, 4) is 0 Å². The summed E-state index contributed by atoms with van der Waals surface area (Å²) in [6.45, 7) is 0.904. The number of carbonyl (C=O) groups excluding carboxylic acids is 1. The number of benzene rings is 1. The summed E-state index contributed by atoms with van der Waals surface area (Å²) in [7, 11) is 0. The van der Waals surface area contributed by atoms with Crippen molar-refractivity contribution in [1.29, 1.82) is 0 Å².